The van der Waals surface area contributed by atoms with Gasteiger partial charge in [0.25, 0.3) is 0 Å². The van der Waals surface area contributed by atoms with E-state index in [1.54, 1.807) is 22.7 Å². The van der Waals surface area contributed by atoms with Gasteiger partial charge in [-0.2, -0.15) is 0 Å². The van der Waals surface area contributed by atoms with Crippen LogP contribution in [0, 0.1) is 0 Å². The van der Waals surface area contributed by atoms with Crippen molar-refractivity contribution in [3.05, 3.63) is 166 Å². The Morgan fingerprint density at radius 3 is 1.27 bits per heavy atom. The zero-order valence-electron chi connectivity index (χ0n) is 27.7. The second-order valence-corrected chi connectivity index (χ2v) is 14.5. The zero-order chi connectivity index (χ0) is 34.4. The summed E-state index contributed by atoms with van der Waals surface area (Å²) in [4.78, 5) is 2.42. The summed E-state index contributed by atoms with van der Waals surface area (Å²) in [7, 11) is 0. The smallest absolute Gasteiger partial charge is 0.127 e. The van der Waals surface area contributed by atoms with Crippen LogP contribution in [-0.4, -0.2) is 36.6 Å². The molecule has 0 saturated carbocycles. The maximum absolute atomic E-state index is 9.71. The van der Waals surface area contributed by atoms with Crippen molar-refractivity contribution < 1.29 is 19.7 Å². The summed E-state index contributed by atoms with van der Waals surface area (Å²) in [5.74, 6) is 1.49. The lowest BCUT2D eigenvalue weighted by molar-refractivity contribution is 0.203. The Labute approximate surface area is 304 Å². The van der Waals surface area contributed by atoms with Crippen molar-refractivity contribution in [1.29, 1.82) is 0 Å². The van der Waals surface area contributed by atoms with Gasteiger partial charge in [-0.1, -0.05) is 109 Å². The van der Waals surface area contributed by atoms with E-state index in [1.807, 2.05) is 0 Å². The molecule has 2 aromatic heterocycles. The molecule has 0 unspecified atom stereocenters. The summed E-state index contributed by atoms with van der Waals surface area (Å²) in [5, 5.41) is 27.9. The zero-order valence-corrected chi connectivity index (χ0v) is 29.3. The van der Waals surface area contributed by atoms with Gasteiger partial charge in [0.2, 0.25) is 0 Å². The number of aliphatic hydroxyl groups excluding tert-OH is 2. The van der Waals surface area contributed by atoms with Crippen LogP contribution in [0.25, 0.3) is 53.6 Å². The molecule has 2 N–H and O–H groups in total. The van der Waals surface area contributed by atoms with Gasteiger partial charge in [0.15, 0.2) is 0 Å². The summed E-state index contributed by atoms with van der Waals surface area (Å²) in [6.45, 7) is 0.299. The number of fused-ring (bicyclic) bond motifs is 5. The highest BCUT2D eigenvalue weighted by molar-refractivity contribution is 7.13. The van der Waals surface area contributed by atoms with Gasteiger partial charge in [-0.15, -0.1) is 22.7 Å². The number of hydrogen-bond acceptors (Lipinski definition) is 6. The monoisotopic (exact) mass is 702 g/mol. The van der Waals surface area contributed by atoms with Crippen molar-refractivity contribution in [2.45, 2.75) is 5.41 Å². The fourth-order valence-corrected chi connectivity index (χ4v) is 9.72. The van der Waals surface area contributed by atoms with Gasteiger partial charge >= 0.3 is 0 Å². The van der Waals surface area contributed by atoms with E-state index in [-0.39, 0.29) is 26.4 Å². The Hall–Kier alpha value is -5.24. The van der Waals surface area contributed by atoms with Gasteiger partial charge in [-0.05, 0) is 90.3 Å². The van der Waals surface area contributed by atoms with Gasteiger partial charge in [-0.3, -0.25) is 0 Å². The summed E-state index contributed by atoms with van der Waals surface area (Å²) >= 11 is 3.52. The summed E-state index contributed by atoms with van der Waals surface area (Å²) < 4.78 is 12.3. The Morgan fingerprint density at radius 2 is 0.863 bits per heavy atom. The molecule has 1 aliphatic rings. The first-order valence-electron chi connectivity index (χ1n) is 17.1. The molecule has 6 heteroatoms. The van der Waals surface area contributed by atoms with Crippen LogP contribution >= 0.6 is 22.7 Å². The molecular weight excluding hydrogens is 669 g/mol. The third-order valence-electron chi connectivity index (χ3n) is 10.0. The van der Waals surface area contributed by atoms with E-state index in [9.17, 15) is 10.2 Å². The maximum Gasteiger partial charge on any atom is 0.127 e. The molecular formula is C45H34O4S2. The molecule has 0 bridgehead atoms. The lowest BCUT2D eigenvalue weighted by atomic mass is 9.63. The van der Waals surface area contributed by atoms with E-state index < -0.39 is 5.41 Å². The van der Waals surface area contributed by atoms with Gasteiger partial charge in [-0.25, -0.2) is 0 Å². The molecule has 0 aliphatic heterocycles. The number of ether oxygens (including phenoxy) is 2. The Balaban J connectivity index is 1.52. The second kappa shape index (κ2) is 13.1. The first kappa shape index (κ1) is 31.7. The molecule has 0 amide bonds. The standard InChI is InChI=1S/C45H34O4S2/c46-23-25-48-39-21-19-37(29-9-1-3-11-31(29)39)45(38-20-22-40(49-26-24-47)32-12-4-2-10-30(32)38)43-33(13-5-15-35(43)41-17-7-27-50-41)34-14-6-16-36(44(34)45)42-18-8-28-51-42/h1-22,27-28,46-47H,23-26H2. The molecule has 51 heavy (non-hydrogen) atoms. The third kappa shape index (κ3) is 4.94. The highest BCUT2D eigenvalue weighted by Gasteiger charge is 2.51. The fourth-order valence-electron chi connectivity index (χ4n) is 8.20. The molecule has 8 aromatic rings. The van der Waals surface area contributed by atoms with Crippen LogP contribution in [0.1, 0.15) is 22.3 Å². The molecule has 2 heterocycles. The van der Waals surface area contributed by atoms with Crippen LogP contribution in [0.4, 0.5) is 0 Å². The molecule has 6 aromatic carbocycles. The van der Waals surface area contributed by atoms with Crippen molar-refractivity contribution in [2.75, 3.05) is 26.4 Å². The molecule has 1 aliphatic carbocycles. The molecule has 0 saturated heterocycles. The normalized spacial score (nSPS) is 13.0. The van der Waals surface area contributed by atoms with Crippen molar-refractivity contribution >= 4 is 44.2 Å². The van der Waals surface area contributed by atoms with E-state index in [0.29, 0.717) is 0 Å². The SMILES string of the molecule is OCCOc1ccc(C2(c3ccc(OCCO)c4ccccc34)c3c(-c4cccs4)cccc3-c3cccc(-c4cccs4)c32)c2ccccc12. The van der Waals surface area contributed by atoms with E-state index >= 15 is 0 Å². The van der Waals surface area contributed by atoms with Crippen LogP contribution in [0.2, 0.25) is 0 Å². The van der Waals surface area contributed by atoms with Gasteiger partial charge in [0.05, 0.1) is 18.6 Å². The molecule has 250 valence electrons. The fraction of sp³-hybridized carbons (Fsp3) is 0.111. The van der Waals surface area contributed by atoms with Crippen LogP contribution in [-0.2, 0) is 5.41 Å². The van der Waals surface area contributed by atoms with Gasteiger partial charge in [0, 0.05) is 20.5 Å². The molecule has 0 fully saturated rings. The second-order valence-electron chi connectivity index (χ2n) is 12.6. The third-order valence-corrected chi connectivity index (χ3v) is 11.8. The van der Waals surface area contributed by atoms with Crippen LogP contribution in [0.15, 0.2) is 144 Å². The molecule has 0 radical (unpaired) electrons. The predicted octanol–water partition coefficient (Wildman–Crippen LogP) is 10.6. The van der Waals surface area contributed by atoms with Crippen molar-refractivity contribution in [3.8, 4) is 43.5 Å². The molecule has 9 rings (SSSR count). The lowest BCUT2D eigenvalue weighted by Crippen LogP contribution is -2.30. The quantitative estimate of drug-likeness (QED) is 0.149. The number of thiophene rings is 2. The van der Waals surface area contributed by atoms with Crippen LogP contribution < -0.4 is 9.47 Å². The predicted molar refractivity (Wildman–Crippen MR) is 211 cm³/mol. The average Bonchev–Trinajstić information content (AvgIpc) is 3.98. The highest BCUT2D eigenvalue weighted by Crippen LogP contribution is 2.63. The van der Waals surface area contributed by atoms with Gasteiger partial charge in [0.1, 0.15) is 24.7 Å². The Morgan fingerprint density at radius 1 is 0.431 bits per heavy atom. The Kier molecular flexibility index (Phi) is 8.17. The summed E-state index contributed by atoms with van der Waals surface area (Å²) in [5.41, 5.74) is 8.82. The highest BCUT2D eigenvalue weighted by atomic mass is 32.1. The summed E-state index contributed by atoms with van der Waals surface area (Å²) in [6, 6.07) is 47.8. The van der Waals surface area contributed by atoms with Crippen molar-refractivity contribution in [1.82, 2.24) is 0 Å². The summed E-state index contributed by atoms with van der Waals surface area (Å²) in [6.07, 6.45) is 0. The number of rotatable bonds is 10. The number of benzene rings is 6. The van der Waals surface area contributed by atoms with E-state index in [0.717, 1.165) is 44.2 Å². The van der Waals surface area contributed by atoms with Crippen LogP contribution in [0.3, 0.4) is 0 Å². The first-order chi connectivity index (χ1) is 25.3. The minimum absolute atomic E-state index is 0.0637. The topological polar surface area (TPSA) is 58.9 Å². The van der Waals surface area contributed by atoms with E-state index in [4.69, 9.17) is 9.47 Å². The number of hydrogen-bond donors (Lipinski definition) is 2. The van der Waals surface area contributed by atoms with E-state index in [1.165, 1.54) is 43.1 Å². The van der Waals surface area contributed by atoms with Crippen molar-refractivity contribution in [2.24, 2.45) is 0 Å². The molecule has 0 spiro atoms. The largest absolute Gasteiger partial charge is 0.491 e. The van der Waals surface area contributed by atoms with Crippen LogP contribution in [0.5, 0.6) is 11.5 Å². The van der Waals surface area contributed by atoms with E-state index in [2.05, 4.69) is 144 Å². The maximum atomic E-state index is 9.71. The Bertz CT molecular complexity index is 2340. The number of aliphatic hydroxyl groups is 2. The molecule has 4 nitrogen and oxygen atoms in total. The molecule has 0 atom stereocenters. The van der Waals surface area contributed by atoms with Crippen molar-refractivity contribution in [3.63, 3.8) is 0 Å². The lowest BCUT2D eigenvalue weighted by Gasteiger charge is -2.38. The first-order valence-corrected chi connectivity index (χ1v) is 18.9. The minimum Gasteiger partial charge on any atom is -0.491 e. The van der Waals surface area contributed by atoms with Gasteiger partial charge < -0.3 is 19.7 Å². The average molecular weight is 703 g/mol. The minimum atomic E-state index is -0.796.